The molecule has 2 rings (SSSR count). The number of aliphatic imine (C=N–C) groups is 1. The summed E-state index contributed by atoms with van der Waals surface area (Å²) in [5.41, 5.74) is 6.82. The average molecular weight is 160 g/mol. The van der Waals surface area contributed by atoms with Gasteiger partial charge in [0.05, 0.1) is 11.9 Å². The fourth-order valence-corrected chi connectivity index (χ4v) is 0.970. The summed E-state index contributed by atoms with van der Waals surface area (Å²) in [4.78, 5) is 4.12. The standard InChI is InChI=1S/C9H8N2O/c10-7-5-11-8-3-1-2-4-9(8)12-6-7/h1-6H,10H2. The summed E-state index contributed by atoms with van der Waals surface area (Å²) in [6.07, 6.45) is 3.06. The number of rotatable bonds is 0. The number of para-hydroxylation sites is 2. The number of fused-ring (bicyclic) bond motifs is 1. The Morgan fingerprint density at radius 2 is 2.08 bits per heavy atom. The van der Waals surface area contributed by atoms with E-state index < -0.39 is 0 Å². The Balaban J connectivity index is 2.48. The Labute approximate surface area is 70.2 Å². The van der Waals surface area contributed by atoms with Gasteiger partial charge in [-0.3, -0.25) is 4.99 Å². The van der Waals surface area contributed by atoms with Crippen LogP contribution in [0.15, 0.2) is 41.2 Å². The Hall–Kier alpha value is -1.77. The van der Waals surface area contributed by atoms with Crippen molar-refractivity contribution in [3.05, 3.63) is 36.2 Å². The first-order valence-electron chi connectivity index (χ1n) is 3.62. The fourth-order valence-electron chi connectivity index (χ4n) is 0.970. The Bertz CT molecular complexity index is 355. The van der Waals surface area contributed by atoms with Gasteiger partial charge in [0.1, 0.15) is 11.9 Å². The molecule has 3 nitrogen and oxygen atoms in total. The van der Waals surface area contributed by atoms with E-state index in [1.807, 2.05) is 24.3 Å². The lowest BCUT2D eigenvalue weighted by molar-refractivity contribution is 0.481. The van der Waals surface area contributed by atoms with Crippen molar-refractivity contribution in [2.45, 2.75) is 0 Å². The maximum Gasteiger partial charge on any atom is 0.152 e. The van der Waals surface area contributed by atoms with Gasteiger partial charge in [0, 0.05) is 0 Å². The van der Waals surface area contributed by atoms with Crippen LogP contribution in [0, 0.1) is 0 Å². The van der Waals surface area contributed by atoms with E-state index in [-0.39, 0.29) is 0 Å². The maximum atomic E-state index is 5.50. The first kappa shape index (κ1) is 6.91. The summed E-state index contributed by atoms with van der Waals surface area (Å²) in [5, 5.41) is 0. The second-order valence-corrected chi connectivity index (χ2v) is 2.46. The second-order valence-electron chi connectivity index (χ2n) is 2.46. The first-order chi connectivity index (χ1) is 5.86. The molecule has 1 heterocycles. The number of nitrogens with two attached hydrogens (primary N) is 1. The highest BCUT2D eigenvalue weighted by Gasteiger charge is 2.02. The Morgan fingerprint density at radius 3 is 3.00 bits per heavy atom. The molecule has 0 saturated carbocycles. The molecule has 0 unspecified atom stereocenters. The van der Waals surface area contributed by atoms with E-state index in [1.165, 1.54) is 6.26 Å². The molecule has 3 heteroatoms. The summed E-state index contributed by atoms with van der Waals surface area (Å²) >= 11 is 0. The van der Waals surface area contributed by atoms with Gasteiger partial charge in [-0.25, -0.2) is 0 Å². The normalized spacial score (nSPS) is 14.2. The number of hydrogen-bond donors (Lipinski definition) is 1. The van der Waals surface area contributed by atoms with Crippen molar-refractivity contribution >= 4 is 11.9 Å². The number of benzene rings is 1. The van der Waals surface area contributed by atoms with Crippen LogP contribution in [0.3, 0.4) is 0 Å². The number of nitrogens with zero attached hydrogens (tertiary/aromatic N) is 1. The van der Waals surface area contributed by atoms with Gasteiger partial charge < -0.3 is 10.5 Å². The molecule has 0 aromatic heterocycles. The molecule has 0 fully saturated rings. The van der Waals surface area contributed by atoms with E-state index in [1.54, 1.807) is 6.21 Å². The zero-order valence-electron chi connectivity index (χ0n) is 6.40. The topological polar surface area (TPSA) is 47.6 Å². The third-order valence-corrected chi connectivity index (χ3v) is 1.54. The third-order valence-electron chi connectivity index (χ3n) is 1.54. The van der Waals surface area contributed by atoms with Crippen LogP contribution < -0.4 is 10.5 Å². The highest BCUT2D eigenvalue weighted by Crippen LogP contribution is 2.27. The Morgan fingerprint density at radius 1 is 1.25 bits per heavy atom. The zero-order valence-corrected chi connectivity index (χ0v) is 6.40. The molecule has 1 aromatic carbocycles. The monoisotopic (exact) mass is 160 g/mol. The van der Waals surface area contributed by atoms with Crippen LogP contribution in [0.4, 0.5) is 5.69 Å². The molecule has 0 aliphatic carbocycles. The predicted molar refractivity (Wildman–Crippen MR) is 47.5 cm³/mol. The molecule has 1 aromatic rings. The summed E-state index contributed by atoms with van der Waals surface area (Å²) in [5.74, 6) is 0.731. The molecule has 12 heavy (non-hydrogen) atoms. The molecule has 1 aliphatic rings. The summed E-state index contributed by atoms with van der Waals surface area (Å²) in [7, 11) is 0. The van der Waals surface area contributed by atoms with Crippen LogP contribution in [0.5, 0.6) is 5.75 Å². The maximum absolute atomic E-state index is 5.50. The van der Waals surface area contributed by atoms with Gasteiger partial charge in [0.15, 0.2) is 5.75 Å². The molecule has 0 atom stereocenters. The molecule has 0 bridgehead atoms. The minimum atomic E-state index is 0.520. The smallest absolute Gasteiger partial charge is 0.152 e. The van der Waals surface area contributed by atoms with E-state index in [4.69, 9.17) is 10.5 Å². The highest BCUT2D eigenvalue weighted by molar-refractivity contribution is 5.81. The first-order valence-corrected chi connectivity index (χ1v) is 3.62. The van der Waals surface area contributed by atoms with Gasteiger partial charge in [0.25, 0.3) is 0 Å². The lowest BCUT2D eigenvalue weighted by Gasteiger charge is -2.00. The SMILES string of the molecule is NC1=COc2ccccc2N=C1. The van der Waals surface area contributed by atoms with Crippen molar-refractivity contribution in [3.63, 3.8) is 0 Å². The molecular formula is C9H8N2O. The molecular weight excluding hydrogens is 152 g/mol. The van der Waals surface area contributed by atoms with Crippen molar-refractivity contribution in [2.24, 2.45) is 10.7 Å². The lowest BCUT2D eigenvalue weighted by Crippen LogP contribution is -1.98. The largest absolute Gasteiger partial charge is 0.461 e. The van der Waals surface area contributed by atoms with Crippen molar-refractivity contribution in [1.82, 2.24) is 0 Å². The number of hydrogen-bond acceptors (Lipinski definition) is 3. The summed E-state index contributed by atoms with van der Waals surface area (Å²) < 4.78 is 5.25. The quantitative estimate of drug-likeness (QED) is 0.626. The van der Waals surface area contributed by atoms with Crippen molar-refractivity contribution in [3.8, 4) is 5.75 Å². The second kappa shape index (κ2) is 2.70. The number of ether oxygens (including phenoxy) is 1. The molecule has 0 radical (unpaired) electrons. The highest BCUT2D eigenvalue weighted by atomic mass is 16.5. The minimum absolute atomic E-state index is 0.520. The molecule has 0 spiro atoms. The van der Waals surface area contributed by atoms with Crippen LogP contribution in [-0.2, 0) is 0 Å². The number of allylic oxidation sites excluding steroid dienone is 1. The van der Waals surface area contributed by atoms with Crippen LogP contribution in [0.25, 0.3) is 0 Å². The van der Waals surface area contributed by atoms with E-state index in [0.717, 1.165) is 11.4 Å². The van der Waals surface area contributed by atoms with Crippen molar-refractivity contribution < 1.29 is 4.74 Å². The van der Waals surface area contributed by atoms with E-state index in [9.17, 15) is 0 Å². The van der Waals surface area contributed by atoms with Gasteiger partial charge in [0.2, 0.25) is 0 Å². The van der Waals surface area contributed by atoms with Gasteiger partial charge >= 0.3 is 0 Å². The molecule has 60 valence electrons. The van der Waals surface area contributed by atoms with Gasteiger partial charge in [-0.15, -0.1) is 0 Å². The predicted octanol–water partition coefficient (Wildman–Crippen LogP) is 1.58. The molecule has 0 saturated heterocycles. The molecule has 0 amide bonds. The van der Waals surface area contributed by atoms with Gasteiger partial charge in [-0.05, 0) is 12.1 Å². The van der Waals surface area contributed by atoms with Crippen LogP contribution in [-0.4, -0.2) is 6.21 Å². The minimum Gasteiger partial charge on any atom is -0.461 e. The van der Waals surface area contributed by atoms with Crippen LogP contribution in [0.1, 0.15) is 0 Å². The van der Waals surface area contributed by atoms with Crippen molar-refractivity contribution in [1.29, 1.82) is 0 Å². The summed E-state index contributed by atoms with van der Waals surface area (Å²) in [6.45, 7) is 0. The van der Waals surface area contributed by atoms with Crippen LogP contribution >= 0.6 is 0 Å². The average Bonchev–Trinajstić information content (AvgIpc) is 2.29. The van der Waals surface area contributed by atoms with Crippen molar-refractivity contribution in [2.75, 3.05) is 0 Å². The lowest BCUT2D eigenvalue weighted by atomic mass is 10.3. The van der Waals surface area contributed by atoms with E-state index >= 15 is 0 Å². The fraction of sp³-hybridized carbons (Fsp3) is 0. The van der Waals surface area contributed by atoms with Crippen LogP contribution in [0.2, 0.25) is 0 Å². The van der Waals surface area contributed by atoms with E-state index in [2.05, 4.69) is 4.99 Å². The Kier molecular flexibility index (Phi) is 1.55. The molecule has 2 N–H and O–H groups in total. The zero-order chi connectivity index (χ0) is 8.39. The summed E-state index contributed by atoms with van der Waals surface area (Å²) in [6, 6.07) is 7.52. The van der Waals surface area contributed by atoms with E-state index in [0.29, 0.717) is 5.70 Å². The van der Waals surface area contributed by atoms with Gasteiger partial charge in [-0.1, -0.05) is 12.1 Å². The van der Waals surface area contributed by atoms with Gasteiger partial charge in [-0.2, -0.15) is 0 Å². The third kappa shape index (κ3) is 1.16. The molecule has 1 aliphatic heterocycles.